The predicted molar refractivity (Wildman–Crippen MR) is 56.3 cm³/mol. The lowest BCUT2D eigenvalue weighted by molar-refractivity contribution is -0.115. The van der Waals surface area contributed by atoms with Gasteiger partial charge in [0.15, 0.2) is 0 Å². The Kier molecular flexibility index (Phi) is 3.81. The quantitative estimate of drug-likeness (QED) is 0.616. The topological polar surface area (TPSA) is 34.1 Å². The second kappa shape index (κ2) is 4.67. The highest BCUT2D eigenvalue weighted by Crippen LogP contribution is 2.22. The standard InChI is InChI=1S/C9H9BrO2S/c1-2-3-6(11)9(12)7-4-5-8(10)13-7/h4-5H,2-3H2,1H3. The first-order valence-electron chi connectivity index (χ1n) is 3.98. The van der Waals surface area contributed by atoms with Gasteiger partial charge in [0.2, 0.25) is 11.6 Å². The summed E-state index contributed by atoms with van der Waals surface area (Å²) in [6.45, 7) is 1.88. The fourth-order valence-electron chi connectivity index (χ4n) is 0.914. The van der Waals surface area contributed by atoms with E-state index in [1.54, 1.807) is 12.1 Å². The largest absolute Gasteiger partial charge is 0.290 e. The maximum absolute atomic E-state index is 11.4. The first kappa shape index (κ1) is 10.6. The number of hydrogen-bond donors (Lipinski definition) is 0. The van der Waals surface area contributed by atoms with Crippen molar-refractivity contribution in [3.05, 3.63) is 20.8 Å². The van der Waals surface area contributed by atoms with Crippen LogP contribution in [0.25, 0.3) is 0 Å². The zero-order valence-corrected chi connectivity index (χ0v) is 9.57. The molecule has 0 aliphatic rings. The molecule has 0 amide bonds. The molecule has 0 unspecified atom stereocenters. The van der Waals surface area contributed by atoms with Crippen LogP contribution in [0.4, 0.5) is 0 Å². The van der Waals surface area contributed by atoms with Crippen molar-refractivity contribution in [3.63, 3.8) is 0 Å². The second-order valence-electron chi connectivity index (χ2n) is 2.61. The van der Waals surface area contributed by atoms with Gasteiger partial charge in [-0.25, -0.2) is 0 Å². The number of hydrogen-bond acceptors (Lipinski definition) is 3. The molecule has 1 rings (SSSR count). The van der Waals surface area contributed by atoms with E-state index in [2.05, 4.69) is 15.9 Å². The molecule has 4 heteroatoms. The molecule has 1 heterocycles. The number of Topliss-reactive ketones (excluding diaryl/α,β-unsaturated/α-hetero) is 2. The van der Waals surface area contributed by atoms with Crippen LogP contribution in [0.5, 0.6) is 0 Å². The minimum absolute atomic E-state index is 0.295. The average Bonchev–Trinajstić information content (AvgIpc) is 2.51. The smallest absolute Gasteiger partial charge is 0.238 e. The van der Waals surface area contributed by atoms with Crippen LogP contribution in [0.3, 0.4) is 0 Å². The molecule has 0 saturated heterocycles. The molecular formula is C9H9BrO2S. The Labute approximate surface area is 89.1 Å². The first-order valence-corrected chi connectivity index (χ1v) is 5.59. The normalized spacial score (nSPS) is 10.0. The van der Waals surface area contributed by atoms with E-state index in [4.69, 9.17) is 0 Å². The van der Waals surface area contributed by atoms with Gasteiger partial charge in [0.05, 0.1) is 8.66 Å². The van der Waals surface area contributed by atoms with Gasteiger partial charge in [-0.3, -0.25) is 9.59 Å². The Morgan fingerprint density at radius 3 is 2.62 bits per heavy atom. The van der Waals surface area contributed by atoms with Gasteiger partial charge < -0.3 is 0 Å². The Morgan fingerprint density at radius 2 is 2.15 bits per heavy atom. The molecule has 2 nitrogen and oxygen atoms in total. The summed E-state index contributed by atoms with van der Waals surface area (Å²) in [7, 11) is 0. The number of halogens is 1. The monoisotopic (exact) mass is 260 g/mol. The molecule has 0 spiro atoms. The number of ketones is 2. The Bertz CT molecular complexity index is 330. The summed E-state index contributed by atoms with van der Waals surface area (Å²) in [6.07, 6.45) is 1.06. The van der Waals surface area contributed by atoms with Gasteiger partial charge >= 0.3 is 0 Å². The molecular weight excluding hydrogens is 252 g/mol. The SMILES string of the molecule is CCCC(=O)C(=O)c1ccc(Br)s1. The number of thiophene rings is 1. The second-order valence-corrected chi connectivity index (χ2v) is 5.07. The van der Waals surface area contributed by atoms with Crippen LogP contribution in [-0.2, 0) is 4.79 Å². The van der Waals surface area contributed by atoms with E-state index < -0.39 is 0 Å². The third kappa shape index (κ3) is 2.74. The molecule has 1 aromatic rings. The van der Waals surface area contributed by atoms with Crippen LogP contribution < -0.4 is 0 Å². The molecule has 0 aliphatic heterocycles. The van der Waals surface area contributed by atoms with Crippen LogP contribution in [-0.4, -0.2) is 11.6 Å². The van der Waals surface area contributed by atoms with Crippen molar-refractivity contribution in [1.82, 2.24) is 0 Å². The molecule has 0 saturated carbocycles. The third-order valence-electron chi connectivity index (χ3n) is 1.53. The van der Waals surface area contributed by atoms with Crippen molar-refractivity contribution < 1.29 is 9.59 Å². The van der Waals surface area contributed by atoms with Crippen LogP contribution in [0, 0.1) is 0 Å². The van der Waals surface area contributed by atoms with Crippen molar-refractivity contribution >= 4 is 38.8 Å². The Balaban J connectivity index is 2.73. The summed E-state index contributed by atoms with van der Waals surface area (Å²) in [4.78, 5) is 23.1. The Hall–Kier alpha value is -0.480. The first-order chi connectivity index (χ1) is 6.15. The van der Waals surface area contributed by atoms with E-state index in [0.29, 0.717) is 11.3 Å². The maximum atomic E-state index is 11.4. The van der Waals surface area contributed by atoms with Gasteiger partial charge in [0.1, 0.15) is 0 Å². The van der Waals surface area contributed by atoms with E-state index >= 15 is 0 Å². The van der Waals surface area contributed by atoms with Crippen LogP contribution in [0.2, 0.25) is 0 Å². The number of rotatable bonds is 4. The zero-order chi connectivity index (χ0) is 9.84. The van der Waals surface area contributed by atoms with E-state index in [9.17, 15) is 9.59 Å². The van der Waals surface area contributed by atoms with Crippen molar-refractivity contribution in [2.75, 3.05) is 0 Å². The molecule has 0 atom stereocenters. The molecule has 0 aliphatic carbocycles. The van der Waals surface area contributed by atoms with Gasteiger partial charge in [0.25, 0.3) is 0 Å². The lowest BCUT2D eigenvalue weighted by atomic mass is 10.1. The van der Waals surface area contributed by atoms with Gasteiger partial charge in [-0.1, -0.05) is 6.92 Å². The van der Waals surface area contributed by atoms with Crippen LogP contribution in [0.15, 0.2) is 15.9 Å². The van der Waals surface area contributed by atoms with Gasteiger partial charge in [-0.05, 0) is 34.5 Å². The van der Waals surface area contributed by atoms with Crippen molar-refractivity contribution in [2.24, 2.45) is 0 Å². The minimum Gasteiger partial charge on any atom is -0.290 e. The fraction of sp³-hybridized carbons (Fsp3) is 0.333. The summed E-state index contributed by atoms with van der Waals surface area (Å²) in [5, 5.41) is 0. The highest BCUT2D eigenvalue weighted by Gasteiger charge is 2.16. The summed E-state index contributed by atoms with van der Waals surface area (Å²) in [5.74, 6) is -0.658. The van der Waals surface area contributed by atoms with E-state index in [-0.39, 0.29) is 11.6 Å². The summed E-state index contributed by atoms with van der Waals surface area (Å²) < 4.78 is 0.875. The molecule has 13 heavy (non-hydrogen) atoms. The summed E-state index contributed by atoms with van der Waals surface area (Å²) >= 11 is 4.54. The van der Waals surface area contributed by atoms with E-state index in [0.717, 1.165) is 10.2 Å². The molecule has 0 radical (unpaired) electrons. The molecule has 0 aromatic carbocycles. The maximum Gasteiger partial charge on any atom is 0.238 e. The minimum atomic E-state index is -0.363. The lowest BCUT2D eigenvalue weighted by Gasteiger charge is -1.93. The van der Waals surface area contributed by atoms with Crippen LogP contribution >= 0.6 is 27.3 Å². The molecule has 1 aromatic heterocycles. The van der Waals surface area contributed by atoms with Gasteiger partial charge in [0, 0.05) is 6.42 Å². The van der Waals surface area contributed by atoms with Crippen molar-refractivity contribution in [2.45, 2.75) is 19.8 Å². The highest BCUT2D eigenvalue weighted by molar-refractivity contribution is 9.11. The van der Waals surface area contributed by atoms with Crippen molar-refractivity contribution in [1.29, 1.82) is 0 Å². The van der Waals surface area contributed by atoms with Crippen molar-refractivity contribution in [3.8, 4) is 0 Å². The summed E-state index contributed by atoms with van der Waals surface area (Å²) in [6, 6.07) is 3.45. The average molecular weight is 261 g/mol. The lowest BCUT2D eigenvalue weighted by Crippen LogP contribution is -2.11. The van der Waals surface area contributed by atoms with E-state index in [1.165, 1.54) is 11.3 Å². The fourth-order valence-corrected chi connectivity index (χ4v) is 2.26. The molecule has 0 bridgehead atoms. The molecule has 0 fully saturated rings. The molecule has 0 N–H and O–H groups in total. The zero-order valence-electron chi connectivity index (χ0n) is 7.17. The predicted octanol–water partition coefficient (Wildman–Crippen LogP) is 3.06. The molecule has 70 valence electrons. The third-order valence-corrected chi connectivity index (χ3v) is 3.15. The van der Waals surface area contributed by atoms with Crippen LogP contribution in [0.1, 0.15) is 29.4 Å². The number of carbonyl (C=O) groups excluding carboxylic acids is 2. The van der Waals surface area contributed by atoms with E-state index in [1.807, 2.05) is 6.92 Å². The van der Waals surface area contributed by atoms with Gasteiger partial charge in [-0.2, -0.15) is 0 Å². The summed E-state index contributed by atoms with van der Waals surface area (Å²) in [5.41, 5.74) is 0. The highest BCUT2D eigenvalue weighted by atomic mass is 79.9. The number of carbonyl (C=O) groups is 2. The Morgan fingerprint density at radius 1 is 1.46 bits per heavy atom. The van der Waals surface area contributed by atoms with Gasteiger partial charge in [-0.15, -0.1) is 11.3 Å².